The Labute approximate surface area is 157 Å². The second kappa shape index (κ2) is 8.44. The van der Waals surface area contributed by atoms with E-state index in [9.17, 15) is 9.59 Å². The van der Waals surface area contributed by atoms with Crippen LogP contribution in [0.4, 0.5) is 0 Å². The van der Waals surface area contributed by atoms with Crippen LogP contribution >= 0.6 is 0 Å². The molecule has 7 heteroatoms. The molecule has 0 bridgehead atoms. The third kappa shape index (κ3) is 4.69. The summed E-state index contributed by atoms with van der Waals surface area (Å²) in [4.78, 5) is 24.3. The van der Waals surface area contributed by atoms with E-state index in [1.54, 1.807) is 24.3 Å². The maximum atomic E-state index is 12.2. The summed E-state index contributed by atoms with van der Waals surface area (Å²) in [6.45, 7) is 2.03. The van der Waals surface area contributed by atoms with Crippen molar-refractivity contribution in [1.82, 2.24) is 5.32 Å². The van der Waals surface area contributed by atoms with Gasteiger partial charge < -0.3 is 24.3 Å². The molecule has 2 aromatic rings. The third-order valence-corrected chi connectivity index (χ3v) is 4.11. The van der Waals surface area contributed by atoms with Crippen LogP contribution in [0.2, 0.25) is 0 Å². The van der Waals surface area contributed by atoms with Gasteiger partial charge >= 0.3 is 5.97 Å². The molecule has 7 nitrogen and oxygen atoms in total. The van der Waals surface area contributed by atoms with E-state index in [2.05, 4.69) is 5.32 Å². The Morgan fingerprint density at radius 3 is 2.74 bits per heavy atom. The minimum absolute atomic E-state index is 0.0315. The fourth-order valence-electron chi connectivity index (χ4n) is 2.68. The Morgan fingerprint density at radius 1 is 1.15 bits per heavy atom. The summed E-state index contributed by atoms with van der Waals surface area (Å²) in [6.07, 6.45) is -0.870. The highest BCUT2D eigenvalue weighted by Crippen LogP contribution is 2.32. The number of fused-ring (bicyclic) bond motifs is 1. The number of hydrogen-bond donors (Lipinski definition) is 1. The van der Waals surface area contributed by atoms with E-state index in [0.29, 0.717) is 29.4 Å². The molecule has 0 aromatic heterocycles. The number of methoxy groups -OCH3 is 1. The van der Waals surface area contributed by atoms with Gasteiger partial charge in [0, 0.05) is 12.1 Å². The molecular weight excluding hydrogens is 350 g/mol. The quantitative estimate of drug-likeness (QED) is 0.752. The topological polar surface area (TPSA) is 83.1 Å². The van der Waals surface area contributed by atoms with Crippen LogP contribution in [0.5, 0.6) is 17.2 Å². The number of ether oxygens (including phenoxy) is 4. The highest BCUT2D eigenvalue weighted by atomic mass is 16.7. The SMILES string of the molecule is COc1ccccc1CC(=O)O[C@H](C)C(=O)NCc1ccc2c(c1)OCO2. The van der Waals surface area contributed by atoms with Gasteiger partial charge in [0.1, 0.15) is 5.75 Å². The van der Waals surface area contributed by atoms with E-state index in [1.165, 1.54) is 14.0 Å². The molecule has 1 atom stereocenters. The number of nitrogens with one attached hydrogen (secondary N) is 1. The van der Waals surface area contributed by atoms with E-state index in [1.807, 2.05) is 18.2 Å². The highest BCUT2D eigenvalue weighted by molar-refractivity contribution is 5.84. The number of rotatable bonds is 7. The maximum Gasteiger partial charge on any atom is 0.311 e. The van der Waals surface area contributed by atoms with Gasteiger partial charge in [0.05, 0.1) is 13.5 Å². The van der Waals surface area contributed by atoms with Crippen molar-refractivity contribution in [1.29, 1.82) is 0 Å². The van der Waals surface area contributed by atoms with Crippen molar-refractivity contribution in [2.45, 2.75) is 26.0 Å². The lowest BCUT2D eigenvalue weighted by Gasteiger charge is -2.14. The molecule has 0 spiro atoms. The average Bonchev–Trinajstić information content (AvgIpc) is 3.14. The zero-order valence-electron chi connectivity index (χ0n) is 15.2. The van der Waals surface area contributed by atoms with Crippen LogP contribution in [0.15, 0.2) is 42.5 Å². The largest absolute Gasteiger partial charge is 0.496 e. The van der Waals surface area contributed by atoms with E-state index >= 15 is 0 Å². The number of esters is 1. The first-order chi connectivity index (χ1) is 13.1. The molecule has 1 N–H and O–H groups in total. The third-order valence-electron chi connectivity index (χ3n) is 4.11. The number of benzene rings is 2. The summed E-state index contributed by atoms with van der Waals surface area (Å²) in [5.41, 5.74) is 1.57. The van der Waals surface area contributed by atoms with Crippen LogP contribution < -0.4 is 19.5 Å². The van der Waals surface area contributed by atoms with Crippen molar-refractivity contribution in [3.05, 3.63) is 53.6 Å². The standard InChI is InChI=1S/C20H21NO6/c1-13(27-19(22)10-15-5-3-4-6-16(15)24-2)20(23)21-11-14-7-8-17-18(9-14)26-12-25-17/h3-9,13H,10-12H2,1-2H3,(H,21,23)/t13-/m1/s1. The smallest absolute Gasteiger partial charge is 0.311 e. The Hall–Kier alpha value is -3.22. The van der Waals surface area contributed by atoms with Gasteiger partial charge in [-0.1, -0.05) is 24.3 Å². The highest BCUT2D eigenvalue weighted by Gasteiger charge is 2.19. The number of hydrogen-bond acceptors (Lipinski definition) is 6. The Balaban J connectivity index is 1.49. The summed E-state index contributed by atoms with van der Waals surface area (Å²) in [5, 5.41) is 2.74. The van der Waals surface area contributed by atoms with E-state index in [-0.39, 0.29) is 19.1 Å². The second-order valence-electron chi connectivity index (χ2n) is 6.03. The monoisotopic (exact) mass is 371 g/mol. The number of para-hydroxylation sites is 1. The molecule has 0 saturated carbocycles. The average molecular weight is 371 g/mol. The molecule has 1 aliphatic rings. The predicted molar refractivity (Wildman–Crippen MR) is 96.7 cm³/mol. The van der Waals surface area contributed by atoms with Crippen LogP contribution in [-0.4, -0.2) is 31.9 Å². The minimum Gasteiger partial charge on any atom is -0.496 e. The van der Waals surface area contributed by atoms with Crippen molar-refractivity contribution in [2.24, 2.45) is 0 Å². The van der Waals surface area contributed by atoms with Gasteiger partial charge in [0.2, 0.25) is 6.79 Å². The molecular formula is C20H21NO6. The van der Waals surface area contributed by atoms with Gasteiger partial charge in [0.25, 0.3) is 5.91 Å². The molecule has 0 saturated heterocycles. The van der Waals surface area contributed by atoms with Crippen molar-refractivity contribution >= 4 is 11.9 Å². The van der Waals surface area contributed by atoms with Crippen molar-refractivity contribution in [2.75, 3.05) is 13.9 Å². The van der Waals surface area contributed by atoms with Crippen LogP contribution in [-0.2, 0) is 27.3 Å². The molecule has 1 heterocycles. The molecule has 3 rings (SSSR count). The van der Waals surface area contributed by atoms with Gasteiger partial charge in [-0.05, 0) is 30.7 Å². The Kier molecular flexibility index (Phi) is 5.80. The molecule has 2 aromatic carbocycles. The first-order valence-electron chi connectivity index (χ1n) is 8.54. The molecule has 0 radical (unpaired) electrons. The number of carbonyl (C=O) groups is 2. The van der Waals surface area contributed by atoms with Crippen molar-refractivity contribution in [3.63, 3.8) is 0 Å². The van der Waals surface area contributed by atoms with E-state index in [4.69, 9.17) is 18.9 Å². The zero-order chi connectivity index (χ0) is 19.2. The van der Waals surface area contributed by atoms with E-state index in [0.717, 1.165) is 5.56 Å². The predicted octanol–water partition coefficient (Wildman–Crippen LogP) is 2.21. The summed E-state index contributed by atoms with van der Waals surface area (Å²) in [5.74, 6) is 1.07. The Bertz CT molecular complexity index is 835. The molecule has 0 unspecified atom stereocenters. The molecule has 1 amide bonds. The fourth-order valence-corrected chi connectivity index (χ4v) is 2.68. The summed E-state index contributed by atoms with van der Waals surface area (Å²) >= 11 is 0. The van der Waals surface area contributed by atoms with Crippen LogP contribution in [0, 0.1) is 0 Å². The molecule has 0 fully saturated rings. The first-order valence-corrected chi connectivity index (χ1v) is 8.54. The molecule has 142 valence electrons. The van der Waals surface area contributed by atoms with Crippen LogP contribution in [0.3, 0.4) is 0 Å². The van der Waals surface area contributed by atoms with Gasteiger partial charge in [-0.2, -0.15) is 0 Å². The lowest BCUT2D eigenvalue weighted by molar-refractivity contribution is -0.154. The zero-order valence-corrected chi connectivity index (χ0v) is 15.2. The molecule has 0 aliphatic carbocycles. The Morgan fingerprint density at radius 2 is 1.93 bits per heavy atom. The second-order valence-corrected chi connectivity index (χ2v) is 6.03. The van der Waals surface area contributed by atoms with Crippen LogP contribution in [0.25, 0.3) is 0 Å². The number of carbonyl (C=O) groups excluding carboxylic acids is 2. The fraction of sp³-hybridized carbons (Fsp3) is 0.300. The lowest BCUT2D eigenvalue weighted by Crippen LogP contribution is -2.35. The van der Waals surface area contributed by atoms with Crippen molar-refractivity contribution in [3.8, 4) is 17.2 Å². The van der Waals surface area contributed by atoms with Gasteiger partial charge in [0.15, 0.2) is 17.6 Å². The lowest BCUT2D eigenvalue weighted by atomic mass is 10.1. The normalized spacial score (nSPS) is 13.0. The maximum absolute atomic E-state index is 12.2. The number of amides is 1. The van der Waals surface area contributed by atoms with E-state index < -0.39 is 12.1 Å². The molecule has 1 aliphatic heterocycles. The minimum atomic E-state index is -0.902. The van der Waals surface area contributed by atoms with Gasteiger partial charge in [-0.15, -0.1) is 0 Å². The van der Waals surface area contributed by atoms with Gasteiger partial charge in [-0.3, -0.25) is 9.59 Å². The van der Waals surface area contributed by atoms with Gasteiger partial charge in [-0.25, -0.2) is 0 Å². The van der Waals surface area contributed by atoms with Crippen molar-refractivity contribution < 1.29 is 28.5 Å². The summed E-state index contributed by atoms with van der Waals surface area (Å²) < 4.78 is 21.0. The summed E-state index contributed by atoms with van der Waals surface area (Å²) in [7, 11) is 1.54. The molecule has 27 heavy (non-hydrogen) atoms. The summed E-state index contributed by atoms with van der Waals surface area (Å²) in [6, 6.07) is 12.6. The van der Waals surface area contributed by atoms with Crippen LogP contribution in [0.1, 0.15) is 18.1 Å². The first kappa shape index (κ1) is 18.6.